The molecule has 0 atom stereocenters. The van der Waals surface area contributed by atoms with E-state index in [0.29, 0.717) is 22.4 Å². The number of rotatable bonds is 5. The number of urea groups is 1. The molecule has 0 saturated heterocycles. The van der Waals surface area contributed by atoms with Gasteiger partial charge in [0.2, 0.25) is 15.9 Å². The van der Waals surface area contributed by atoms with Crippen molar-refractivity contribution in [2.75, 3.05) is 18.6 Å². The van der Waals surface area contributed by atoms with Crippen molar-refractivity contribution in [2.45, 2.75) is 24.2 Å². The summed E-state index contributed by atoms with van der Waals surface area (Å²) in [7, 11) is -3.06. The van der Waals surface area contributed by atoms with Gasteiger partial charge >= 0.3 is 12.2 Å². The highest BCUT2D eigenvalue weighted by Crippen LogP contribution is 2.36. The normalized spacial score (nSPS) is 14.4. The van der Waals surface area contributed by atoms with Crippen molar-refractivity contribution in [1.82, 2.24) is 14.9 Å². The summed E-state index contributed by atoms with van der Waals surface area (Å²) < 4.78 is 97.0. The number of ether oxygens (including phenoxy) is 1. The Hall–Kier alpha value is -3.59. The number of anilines is 1. The van der Waals surface area contributed by atoms with Crippen molar-refractivity contribution in [3.8, 4) is 5.88 Å². The highest BCUT2D eigenvalue weighted by Gasteiger charge is 2.40. The summed E-state index contributed by atoms with van der Waals surface area (Å²) in [5.74, 6) is -2.47. The first-order valence-corrected chi connectivity index (χ1v) is 11.3. The van der Waals surface area contributed by atoms with Gasteiger partial charge in [-0.2, -0.15) is 18.2 Å². The Balaban J connectivity index is 1.81. The van der Waals surface area contributed by atoms with E-state index < -0.39 is 57.4 Å². The lowest BCUT2D eigenvalue weighted by Crippen LogP contribution is -2.50. The molecule has 0 radical (unpaired) electrons. The van der Waals surface area contributed by atoms with Gasteiger partial charge in [0.1, 0.15) is 18.2 Å². The van der Waals surface area contributed by atoms with Gasteiger partial charge in [-0.3, -0.25) is 4.90 Å². The van der Waals surface area contributed by atoms with Crippen molar-refractivity contribution in [1.29, 1.82) is 0 Å². The quantitative estimate of drug-likeness (QED) is 0.520. The minimum Gasteiger partial charge on any atom is -0.481 e. The first-order chi connectivity index (χ1) is 16.3. The lowest BCUT2D eigenvalue weighted by Gasteiger charge is -2.37. The van der Waals surface area contributed by atoms with Crippen LogP contribution in [0.2, 0.25) is 0 Å². The molecule has 0 unspecified atom stereocenters. The molecule has 1 aliphatic rings. The fraction of sp³-hybridized carbons (Fsp3) is 0.250. The Morgan fingerprint density at radius 3 is 2.40 bits per heavy atom. The van der Waals surface area contributed by atoms with E-state index >= 15 is 0 Å². The van der Waals surface area contributed by atoms with Crippen LogP contribution in [0.4, 0.5) is 32.4 Å². The number of halogens is 5. The van der Waals surface area contributed by atoms with Gasteiger partial charge < -0.3 is 9.64 Å². The van der Waals surface area contributed by atoms with Crippen molar-refractivity contribution >= 4 is 32.8 Å². The Labute approximate surface area is 195 Å². The summed E-state index contributed by atoms with van der Waals surface area (Å²) in [5.41, 5.74) is -0.511. The second kappa shape index (κ2) is 8.57. The number of sulfonamides is 1. The number of carbonyl (C=O) groups is 1. The minimum atomic E-state index is -4.79. The van der Waals surface area contributed by atoms with Gasteiger partial charge in [-0.1, -0.05) is 0 Å². The first-order valence-electron chi connectivity index (χ1n) is 9.75. The number of carbonyl (C=O) groups excluding carboxylic acids is 1. The molecule has 2 N–H and O–H groups in total. The molecule has 1 aliphatic heterocycles. The van der Waals surface area contributed by atoms with Crippen LogP contribution < -0.4 is 14.8 Å². The Bertz CT molecular complexity index is 1420. The third kappa shape index (κ3) is 4.81. The zero-order valence-electron chi connectivity index (χ0n) is 17.8. The summed E-state index contributed by atoms with van der Waals surface area (Å²) in [6, 6.07) is 2.71. The maximum atomic E-state index is 14.6. The monoisotopic (exact) mass is 517 g/mol. The zero-order valence-corrected chi connectivity index (χ0v) is 18.6. The number of pyridine rings is 2. The van der Waals surface area contributed by atoms with Crippen LogP contribution in [0.1, 0.15) is 11.1 Å². The number of alkyl halides is 3. The number of aromatic nitrogens is 2. The number of methoxy groups -OCH3 is 1. The molecule has 2 aromatic heterocycles. The van der Waals surface area contributed by atoms with Gasteiger partial charge in [-0.05, 0) is 18.2 Å². The predicted molar refractivity (Wildman–Crippen MR) is 112 cm³/mol. The van der Waals surface area contributed by atoms with E-state index in [2.05, 4.69) is 9.97 Å². The van der Waals surface area contributed by atoms with Crippen LogP contribution in [-0.2, 0) is 23.1 Å². The van der Waals surface area contributed by atoms with E-state index in [-0.39, 0.29) is 29.3 Å². The predicted octanol–water partition coefficient (Wildman–Crippen LogP) is 3.07. The largest absolute Gasteiger partial charge is 0.481 e. The number of fused-ring (bicyclic) bond motifs is 3. The summed E-state index contributed by atoms with van der Waals surface area (Å²) in [5, 5.41) is 5.20. The number of amides is 2. The third-order valence-electron chi connectivity index (χ3n) is 5.27. The fourth-order valence-corrected chi connectivity index (χ4v) is 4.22. The molecule has 186 valence electrons. The molecule has 1 aromatic carbocycles. The summed E-state index contributed by atoms with van der Waals surface area (Å²) >= 11 is 0. The van der Waals surface area contributed by atoms with Crippen LogP contribution in [0.25, 0.3) is 11.0 Å². The molecule has 4 rings (SSSR count). The number of nitrogens with two attached hydrogens (primary N) is 1. The van der Waals surface area contributed by atoms with Crippen LogP contribution >= 0.6 is 0 Å². The van der Waals surface area contributed by atoms with Gasteiger partial charge in [-0.15, -0.1) is 0 Å². The fourth-order valence-electron chi connectivity index (χ4n) is 3.69. The standard InChI is InChI=1S/C20H16F5N5O4S/c1-34-17-3-2-11-12-7-29(8-13-14(21)4-10(5-15(13)22)35(26,32)33)19(31)30(9-20(23,24)25)16(12)6-27-18(11)28-17/h2-6H,7-9H2,1H3,(H2,26,32,33). The number of benzene rings is 1. The molecule has 35 heavy (non-hydrogen) atoms. The first kappa shape index (κ1) is 24.5. The van der Waals surface area contributed by atoms with Gasteiger partial charge in [0.15, 0.2) is 5.65 Å². The summed E-state index contributed by atoms with van der Waals surface area (Å²) in [6.07, 6.45) is -3.73. The SMILES string of the molecule is COc1ccc2c3c(cnc2n1)N(CC(F)(F)F)C(=O)N(Cc1c(F)cc(S(N)(=O)=O)cc1F)C3. The molecule has 0 spiro atoms. The summed E-state index contributed by atoms with van der Waals surface area (Å²) in [4.78, 5) is 21.5. The van der Waals surface area contributed by atoms with E-state index in [0.717, 1.165) is 11.1 Å². The molecule has 15 heteroatoms. The topological polar surface area (TPSA) is 119 Å². The van der Waals surface area contributed by atoms with Crippen molar-refractivity contribution in [3.63, 3.8) is 0 Å². The third-order valence-corrected chi connectivity index (χ3v) is 6.17. The number of nitrogens with zero attached hydrogens (tertiary/aromatic N) is 4. The van der Waals surface area contributed by atoms with E-state index in [1.165, 1.54) is 19.2 Å². The average molecular weight is 517 g/mol. The second-order valence-electron chi connectivity index (χ2n) is 7.60. The zero-order chi connectivity index (χ0) is 25.7. The van der Waals surface area contributed by atoms with Crippen LogP contribution in [-0.4, -0.2) is 49.1 Å². The lowest BCUT2D eigenvalue weighted by molar-refractivity contribution is -0.119. The molecule has 3 heterocycles. The lowest BCUT2D eigenvalue weighted by atomic mass is 10.0. The van der Waals surface area contributed by atoms with Crippen LogP contribution in [0.15, 0.2) is 35.4 Å². The van der Waals surface area contributed by atoms with Gasteiger partial charge in [-0.25, -0.2) is 32.1 Å². The summed E-state index contributed by atoms with van der Waals surface area (Å²) in [6.45, 7) is -2.80. The molecule has 0 aliphatic carbocycles. The Morgan fingerprint density at radius 2 is 1.83 bits per heavy atom. The van der Waals surface area contributed by atoms with Crippen LogP contribution in [0, 0.1) is 11.6 Å². The Kier molecular flexibility index (Phi) is 6.00. The highest BCUT2D eigenvalue weighted by molar-refractivity contribution is 7.89. The molecule has 0 saturated carbocycles. The Morgan fingerprint density at radius 1 is 1.17 bits per heavy atom. The molecule has 0 fully saturated rings. The van der Waals surface area contributed by atoms with Crippen molar-refractivity contribution in [2.24, 2.45) is 5.14 Å². The minimum absolute atomic E-state index is 0.124. The molecule has 0 bridgehead atoms. The second-order valence-corrected chi connectivity index (χ2v) is 9.16. The molecule has 3 aromatic rings. The van der Waals surface area contributed by atoms with Gasteiger partial charge in [0, 0.05) is 22.6 Å². The molecular formula is C20H16F5N5O4S. The van der Waals surface area contributed by atoms with Gasteiger partial charge in [0.25, 0.3) is 0 Å². The van der Waals surface area contributed by atoms with E-state index in [1.807, 2.05) is 0 Å². The molecule has 2 amide bonds. The van der Waals surface area contributed by atoms with E-state index in [1.54, 1.807) is 0 Å². The maximum absolute atomic E-state index is 14.6. The number of hydrogen-bond acceptors (Lipinski definition) is 6. The van der Waals surface area contributed by atoms with Crippen molar-refractivity contribution < 1.29 is 39.9 Å². The van der Waals surface area contributed by atoms with Gasteiger partial charge in [0.05, 0.1) is 37.0 Å². The van der Waals surface area contributed by atoms with E-state index in [9.17, 15) is 35.2 Å². The maximum Gasteiger partial charge on any atom is 0.406 e. The van der Waals surface area contributed by atoms with E-state index in [4.69, 9.17) is 9.88 Å². The van der Waals surface area contributed by atoms with Crippen LogP contribution in [0.5, 0.6) is 5.88 Å². The molecule has 9 nitrogen and oxygen atoms in total. The number of hydrogen-bond donors (Lipinski definition) is 1. The average Bonchev–Trinajstić information content (AvgIpc) is 2.76. The highest BCUT2D eigenvalue weighted by atomic mass is 32.2. The van der Waals surface area contributed by atoms with Crippen LogP contribution in [0.3, 0.4) is 0 Å². The van der Waals surface area contributed by atoms with Crippen molar-refractivity contribution in [3.05, 3.63) is 53.2 Å². The smallest absolute Gasteiger partial charge is 0.406 e. The molecular weight excluding hydrogens is 501 g/mol. The number of primary sulfonamides is 1.